The second-order valence-electron chi connectivity index (χ2n) is 6.80. The smallest absolute Gasteiger partial charge is 0.243 e. The average Bonchev–Trinajstić information content (AvgIpc) is 3.12. The minimum Gasteiger partial charge on any atom is -0.486 e. The van der Waals surface area contributed by atoms with Gasteiger partial charge in [0.2, 0.25) is 10.0 Å². The number of ether oxygens (including phenoxy) is 2. The molecule has 4 rings (SSSR count). The molecular weight excluding hydrogens is 449 g/mol. The van der Waals surface area contributed by atoms with Crippen LogP contribution in [-0.2, 0) is 27.9 Å². The Balaban J connectivity index is 1.62. The molecule has 0 radical (unpaired) electrons. The molecule has 0 atom stereocenters. The summed E-state index contributed by atoms with van der Waals surface area (Å²) in [5.41, 5.74) is 1.46. The fraction of sp³-hybridized carbons (Fsp3) is 0.350. The SMILES string of the molecule is CCn1c(COc2ccc(Cl)c(Cl)c2)nc2cc(S(=O)(=O)N3CCOCC3)ccc21. The number of imidazole rings is 1. The zero-order chi connectivity index (χ0) is 21.3. The predicted octanol–water partition coefficient (Wildman–Crippen LogP) is 3.96. The van der Waals surface area contributed by atoms with Crippen molar-refractivity contribution in [2.45, 2.75) is 25.0 Å². The number of sulfonamides is 1. The van der Waals surface area contributed by atoms with Crippen LogP contribution < -0.4 is 4.74 Å². The van der Waals surface area contributed by atoms with Crippen LogP contribution in [0.2, 0.25) is 10.0 Å². The first-order chi connectivity index (χ1) is 14.4. The molecule has 1 fully saturated rings. The normalized spacial score (nSPS) is 15.6. The van der Waals surface area contributed by atoms with Crippen LogP contribution in [0.25, 0.3) is 11.0 Å². The van der Waals surface area contributed by atoms with Gasteiger partial charge in [-0.3, -0.25) is 0 Å². The molecule has 0 bridgehead atoms. The number of fused-ring (bicyclic) bond motifs is 1. The first kappa shape index (κ1) is 21.4. The van der Waals surface area contributed by atoms with E-state index in [1.807, 2.05) is 11.5 Å². The van der Waals surface area contributed by atoms with E-state index < -0.39 is 10.0 Å². The molecule has 3 aromatic rings. The van der Waals surface area contributed by atoms with Crippen molar-refractivity contribution in [3.63, 3.8) is 0 Å². The standard InChI is InChI=1S/C20H21Cl2N3O4S/c1-2-25-19-6-4-15(30(26,27)24-7-9-28-10-8-24)12-18(19)23-20(25)13-29-14-3-5-16(21)17(22)11-14/h3-6,11-12H,2,7-10,13H2,1H3. The molecule has 0 spiro atoms. The van der Waals surface area contributed by atoms with E-state index in [1.54, 1.807) is 36.4 Å². The molecule has 0 N–H and O–H groups in total. The Morgan fingerprint density at radius 2 is 1.87 bits per heavy atom. The van der Waals surface area contributed by atoms with Crippen molar-refractivity contribution in [3.05, 3.63) is 52.3 Å². The summed E-state index contributed by atoms with van der Waals surface area (Å²) in [4.78, 5) is 4.86. The Morgan fingerprint density at radius 1 is 1.10 bits per heavy atom. The van der Waals surface area contributed by atoms with E-state index in [-0.39, 0.29) is 11.5 Å². The summed E-state index contributed by atoms with van der Waals surface area (Å²) in [5.74, 6) is 1.27. The summed E-state index contributed by atoms with van der Waals surface area (Å²) in [5, 5.41) is 0.870. The third-order valence-corrected chi connectivity index (χ3v) is 7.62. The lowest BCUT2D eigenvalue weighted by molar-refractivity contribution is 0.0730. The van der Waals surface area contributed by atoms with Gasteiger partial charge in [0.05, 0.1) is 39.2 Å². The maximum atomic E-state index is 13.0. The fourth-order valence-electron chi connectivity index (χ4n) is 3.43. The van der Waals surface area contributed by atoms with Crippen LogP contribution in [-0.4, -0.2) is 48.6 Å². The molecule has 0 aliphatic carbocycles. The van der Waals surface area contributed by atoms with E-state index in [0.717, 1.165) is 5.52 Å². The van der Waals surface area contributed by atoms with Crippen LogP contribution in [0.5, 0.6) is 5.75 Å². The number of halogens is 2. The van der Waals surface area contributed by atoms with Gasteiger partial charge in [-0.25, -0.2) is 13.4 Å². The van der Waals surface area contributed by atoms with E-state index in [2.05, 4.69) is 4.98 Å². The van der Waals surface area contributed by atoms with Crippen molar-refractivity contribution in [2.75, 3.05) is 26.3 Å². The van der Waals surface area contributed by atoms with Crippen molar-refractivity contribution in [2.24, 2.45) is 0 Å². The number of nitrogens with zero attached hydrogens (tertiary/aromatic N) is 3. The molecule has 160 valence electrons. The molecule has 30 heavy (non-hydrogen) atoms. The van der Waals surface area contributed by atoms with Gasteiger partial charge in [-0.05, 0) is 37.3 Å². The highest BCUT2D eigenvalue weighted by Crippen LogP contribution is 2.28. The molecule has 2 aromatic carbocycles. The largest absolute Gasteiger partial charge is 0.486 e. The number of rotatable bonds is 6. The summed E-state index contributed by atoms with van der Waals surface area (Å²) in [6, 6.07) is 10.1. The van der Waals surface area contributed by atoms with Crippen molar-refractivity contribution in [1.29, 1.82) is 0 Å². The summed E-state index contributed by atoms with van der Waals surface area (Å²) in [7, 11) is -3.58. The fourth-order valence-corrected chi connectivity index (χ4v) is 5.15. The van der Waals surface area contributed by atoms with E-state index in [0.29, 0.717) is 60.0 Å². The average molecular weight is 470 g/mol. The first-order valence-electron chi connectivity index (χ1n) is 9.55. The number of aryl methyl sites for hydroxylation is 1. The van der Waals surface area contributed by atoms with Crippen LogP contribution in [0.1, 0.15) is 12.7 Å². The first-order valence-corrected chi connectivity index (χ1v) is 11.7. The zero-order valence-corrected chi connectivity index (χ0v) is 18.7. The van der Waals surface area contributed by atoms with E-state index in [4.69, 9.17) is 32.7 Å². The highest BCUT2D eigenvalue weighted by molar-refractivity contribution is 7.89. The lowest BCUT2D eigenvalue weighted by Crippen LogP contribution is -2.40. The molecule has 1 saturated heterocycles. The topological polar surface area (TPSA) is 73.7 Å². The minimum absolute atomic E-state index is 0.214. The van der Waals surface area contributed by atoms with Gasteiger partial charge in [-0.1, -0.05) is 23.2 Å². The molecule has 1 aromatic heterocycles. The zero-order valence-electron chi connectivity index (χ0n) is 16.3. The van der Waals surface area contributed by atoms with Crippen LogP contribution in [0, 0.1) is 0 Å². The highest BCUT2D eigenvalue weighted by Gasteiger charge is 2.27. The third kappa shape index (κ3) is 4.15. The molecule has 0 saturated carbocycles. The van der Waals surface area contributed by atoms with Crippen molar-refractivity contribution in [1.82, 2.24) is 13.9 Å². The van der Waals surface area contributed by atoms with Gasteiger partial charge in [0, 0.05) is 25.7 Å². The number of morpholine rings is 1. The summed E-state index contributed by atoms with van der Waals surface area (Å²) in [6.07, 6.45) is 0. The van der Waals surface area contributed by atoms with Crippen molar-refractivity contribution < 1.29 is 17.9 Å². The Morgan fingerprint density at radius 3 is 2.57 bits per heavy atom. The van der Waals surface area contributed by atoms with Gasteiger partial charge < -0.3 is 14.0 Å². The maximum Gasteiger partial charge on any atom is 0.243 e. The minimum atomic E-state index is -3.58. The second kappa shape index (κ2) is 8.72. The Kier molecular flexibility index (Phi) is 6.22. The molecule has 1 aliphatic rings. The Hall–Kier alpha value is -1.84. The molecule has 0 unspecified atom stereocenters. The quantitative estimate of drug-likeness (QED) is 0.545. The lowest BCUT2D eigenvalue weighted by atomic mass is 10.3. The molecule has 0 amide bonds. The van der Waals surface area contributed by atoms with Gasteiger partial charge in [0.25, 0.3) is 0 Å². The summed E-state index contributed by atoms with van der Waals surface area (Å²) in [6.45, 7) is 4.41. The van der Waals surface area contributed by atoms with Gasteiger partial charge in [0.15, 0.2) is 0 Å². The van der Waals surface area contributed by atoms with Crippen molar-refractivity contribution in [3.8, 4) is 5.75 Å². The van der Waals surface area contributed by atoms with E-state index in [1.165, 1.54) is 4.31 Å². The van der Waals surface area contributed by atoms with Gasteiger partial charge >= 0.3 is 0 Å². The second-order valence-corrected chi connectivity index (χ2v) is 9.56. The monoisotopic (exact) mass is 469 g/mol. The Bertz CT molecular complexity index is 1170. The van der Waals surface area contributed by atoms with Gasteiger partial charge in [-0.15, -0.1) is 0 Å². The molecule has 1 aliphatic heterocycles. The number of benzene rings is 2. The number of hydrogen-bond donors (Lipinski definition) is 0. The number of aromatic nitrogens is 2. The van der Waals surface area contributed by atoms with Crippen molar-refractivity contribution >= 4 is 44.3 Å². The summed E-state index contributed by atoms with van der Waals surface area (Å²) < 4.78 is 40.4. The lowest BCUT2D eigenvalue weighted by Gasteiger charge is -2.26. The van der Waals surface area contributed by atoms with Gasteiger partial charge in [-0.2, -0.15) is 4.31 Å². The number of hydrogen-bond acceptors (Lipinski definition) is 5. The third-order valence-electron chi connectivity index (χ3n) is 4.98. The summed E-state index contributed by atoms with van der Waals surface area (Å²) >= 11 is 12.0. The maximum absolute atomic E-state index is 13.0. The molecule has 10 heteroatoms. The molecular formula is C20H21Cl2N3O4S. The van der Waals surface area contributed by atoms with Gasteiger partial charge in [0.1, 0.15) is 18.2 Å². The highest BCUT2D eigenvalue weighted by atomic mass is 35.5. The molecule has 2 heterocycles. The van der Waals surface area contributed by atoms with E-state index in [9.17, 15) is 8.42 Å². The Labute approximate surface area is 185 Å². The van der Waals surface area contributed by atoms with Crippen LogP contribution in [0.3, 0.4) is 0 Å². The van der Waals surface area contributed by atoms with Crippen LogP contribution in [0.15, 0.2) is 41.3 Å². The molecule has 7 nitrogen and oxygen atoms in total. The predicted molar refractivity (Wildman–Crippen MR) is 116 cm³/mol. The van der Waals surface area contributed by atoms with E-state index >= 15 is 0 Å². The van der Waals surface area contributed by atoms with Crippen LogP contribution >= 0.6 is 23.2 Å². The van der Waals surface area contributed by atoms with Crippen LogP contribution in [0.4, 0.5) is 0 Å².